The van der Waals surface area contributed by atoms with E-state index < -0.39 is 15.8 Å². The van der Waals surface area contributed by atoms with Gasteiger partial charge in [0.15, 0.2) is 9.84 Å². The van der Waals surface area contributed by atoms with Crippen molar-refractivity contribution < 1.29 is 23.1 Å². The van der Waals surface area contributed by atoms with Gasteiger partial charge in [0.2, 0.25) is 0 Å². The molecular formula is C7H12O5S. The average molecular weight is 208 g/mol. The van der Waals surface area contributed by atoms with Crippen molar-refractivity contribution in [2.24, 2.45) is 0 Å². The molecule has 0 aromatic carbocycles. The first-order valence-corrected chi connectivity index (χ1v) is 5.32. The summed E-state index contributed by atoms with van der Waals surface area (Å²) in [5, 5.41) is 8.87. The first-order chi connectivity index (χ1) is 5.98. The van der Waals surface area contributed by atoms with Crippen LogP contribution in [0.2, 0.25) is 0 Å². The molecular weight excluding hydrogens is 196 g/mol. The fourth-order valence-corrected chi connectivity index (χ4v) is 1.61. The fraction of sp³-hybridized carbons (Fsp3) is 0.571. The van der Waals surface area contributed by atoms with Crippen molar-refractivity contribution in [2.75, 3.05) is 19.5 Å². The van der Waals surface area contributed by atoms with Gasteiger partial charge in [-0.3, -0.25) is 0 Å². The van der Waals surface area contributed by atoms with Crippen LogP contribution in [-0.2, 0) is 19.4 Å². The minimum Gasteiger partial charge on any atom is -0.478 e. The van der Waals surface area contributed by atoms with E-state index in [1.54, 1.807) is 0 Å². The standard InChI is InChI=1S/C7H12O5S/c1-12-4-2-5-13(10,11)6-3-7(8)9/h3,6H,2,4-5H2,1H3,(H,8,9)/b6-3+. The van der Waals surface area contributed by atoms with E-state index in [-0.39, 0.29) is 5.75 Å². The Morgan fingerprint density at radius 3 is 2.62 bits per heavy atom. The molecule has 0 rings (SSSR count). The van der Waals surface area contributed by atoms with Gasteiger partial charge >= 0.3 is 5.97 Å². The summed E-state index contributed by atoms with van der Waals surface area (Å²) in [7, 11) is -1.92. The first kappa shape index (κ1) is 12.1. The monoisotopic (exact) mass is 208 g/mol. The maximum absolute atomic E-state index is 11.0. The lowest BCUT2D eigenvalue weighted by Crippen LogP contribution is -2.05. The zero-order valence-electron chi connectivity index (χ0n) is 7.26. The SMILES string of the molecule is COCCCS(=O)(=O)/C=C/C(=O)O. The molecule has 0 aliphatic rings. The van der Waals surface area contributed by atoms with Crippen molar-refractivity contribution in [3.8, 4) is 0 Å². The maximum Gasteiger partial charge on any atom is 0.329 e. The number of carboxylic acid groups (broad SMARTS) is 1. The molecule has 76 valence electrons. The van der Waals surface area contributed by atoms with Gasteiger partial charge in [-0.1, -0.05) is 0 Å². The fourth-order valence-electron chi connectivity index (χ4n) is 0.634. The summed E-state index contributed by atoms with van der Waals surface area (Å²) < 4.78 is 26.7. The summed E-state index contributed by atoms with van der Waals surface area (Å²) in [5.74, 6) is -1.36. The Bertz CT molecular complexity index is 277. The van der Waals surface area contributed by atoms with Gasteiger partial charge in [-0.05, 0) is 6.42 Å². The van der Waals surface area contributed by atoms with E-state index in [9.17, 15) is 13.2 Å². The number of hydrogen-bond donors (Lipinski definition) is 1. The second kappa shape index (κ2) is 5.71. The van der Waals surface area contributed by atoms with Crippen molar-refractivity contribution in [2.45, 2.75) is 6.42 Å². The molecule has 0 bridgehead atoms. The third-order valence-corrected chi connectivity index (χ3v) is 2.60. The van der Waals surface area contributed by atoms with Crippen molar-refractivity contribution in [1.82, 2.24) is 0 Å². The zero-order chi connectivity index (χ0) is 10.3. The Hall–Kier alpha value is -0.880. The Labute approximate surface area is 76.9 Å². The van der Waals surface area contributed by atoms with Crippen LogP contribution in [-0.4, -0.2) is 39.0 Å². The number of carbonyl (C=O) groups is 1. The Kier molecular flexibility index (Phi) is 5.33. The van der Waals surface area contributed by atoms with Crippen molar-refractivity contribution >= 4 is 15.8 Å². The molecule has 0 aromatic rings. The second-order valence-corrected chi connectivity index (χ2v) is 4.36. The van der Waals surface area contributed by atoms with Crippen LogP contribution < -0.4 is 0 Å². The topological polar surface area (TPSA) is 80.7 Å². The van der Waals surface area contributed by atoms with Gasteiger partial charge in [0, 0.05) is 25.2 Å². The smallest absolute Gasteiger partial charge is 0.329 e. The highest BCUT2D eigenvalue weighted by Crippen LogP contribution is 1.96. The Balaban J connectivity index is 4.02. The van der Waals surface area contributed by atoms with Gasteiger partial charge in [-0.2, -0.15) is 0 Å². The van der Waals surface area contributed by atoms with E-state index >= 15 is 0 Å². The molecule has 0 heterocycles. The number of carboxylic acids is 1. The summed E-state index contributed by atoms with van der Waals surface area (Å²) in [5.41, 5.74) is 0. The van der Waals surface area contributed by atoms with Crippen LogP contribution in [0.15, 0.2) is 11.5 Å². The van der Waals surface area contributed by atoms with Crippen LogP contribution in [0, 0.1) is 0 Å². The summed E-state index contributed by atoms with van der Waals surface area (Å²) in [6, 6.07) is 0. The highest BCUT2D eigenvalue weighted by atomic mass is 32.2. The summed E-state index contributed by atoms with van der Waals surface area (Å²) in [4.78, 5) is 10.0. The minimum atomic E-state index is -3.39. The zero-order valence-corrected chi connectivity index (χ0v) is 8.08. The molecule has 0 spiro atoms. The van der Waals surface area contributed by atoms with Crippen molar-refractivity contribution in [3.63, 3.8) is 0 Å². The summed E-state index contributed by atoms with van der Waals surface area (Å²) >= 11 is 0. The first-order valence-electron chi connectivity index (χ1n) is 3.60. The van der Waals surface area contributed by atoms with Gasteiger partial charge in [-0.15, -0.1) is 0 Å². The van der Waals surface area contributed by atoms with Crippen LogP contribution in [0.4, 0.5) is 0 Å². The van der Waals surface area contributed by atoms with Crippen LogP contribution in [0.1, 0.15) is 6.42 Å². The normalized spacial score (nSPS) is 12.1. The quantitative estimate of drug-likeness (QED) is 0.492. The van der Waals surface area contributed by atoms with E-state index in [0.29, 0.717) is 24.5 Å². The van der Waals surface area contributed by atoms with Crippen LogP contribution >= 0.6 is 0 Å². The molecule has 0 amide bonds. The molecule has 0 aliphatic heterocycles. The predicted octanol–water partition coefficient (Wildman–Crippen LogP) is 0.0360. The van der Waals surface area contributed by atoms with Gasteiger partial charge in [-0.25, -0.2) is 13.2 Å². The largest absolute Gasteiger partial charge is 0.478 e. The summed E-state index contributed by atoms with van der Waals surface area (Å²) in [6.45, 7) is 0.347. The molecule has 0 radical (unpaired) electrons. The molecule has 13 heavy (non-hydrogen) atoms. The molecule has 0 aromatic heterocycles. The summed E-state index contributed by atoms with van der Waals surface area (Å²) in [6.07, 6.45) is 0.977. The van der Waals surface area contributed by atoms with E-state index in [1.807, 2.05) is 0 Å². The van der Waals surface area contributed by atoms with Crippen LogP contribution in [0.5, 0.6) is 0 Å². The number of aliphatic carboxylic acids is 1. The molecule has 0 fully saturated rings. The number of ether oxygens (including phenoxy) is 1. The second-order valence-electron chi connectivity index (χ2n) is 2.35. The van der Waals surface area contributed by atoms with E-state index in [4.69, 9.17) is 5.11 Å². The number of hydrogen-bond acceptors (Lipinski definition) is 4. The highest BCUT2D eigenvalue weighted by molar-refractivity contribution is 7.94. The van der Waals surface area contributed by atoms with E-state index in [0.717, 1.165) is 0 Å². The Morgan fingerprint density at radius 2 is 2.15 bits per heavy atom. The molecule has 1 N–H and O–H groups in total. The maximum atomic E-state index is 11.0. The number of rotatable bonds is 6. The molecule has 0 saturated carbocycles. The van der Waals surface area contributed by atoms with E-state index in [1.165, 1.54) is 7.11 Å². The van der Waals surface area contributed by atoms with Gasteiger partial charge in [0.1, 0.15) is 0 Å². The van der Waals surface area contributed by atoms with Crippen molar-refractivity contribution in [3.05, 3.63) is 11.5 Å². The van der Waals surface area contributed by atoms with Crippen molar-refractivity contribution in [1.29, 1.82) is 0 Å². The third-order valence-electron chi connectivity index (χ3n) is 1.20. The lowest BCUT2D eigenvalue weighted by Gasteiger charge is -1.97. The number of methoxy groups -OCH3 is 1. The minimum absolute atomic E-state index is 0.0926. The van der Waals surface area contributed by atoms with E-state index in [2.05, 4.69) is 4.74 Å². The lowest BCUT2D eigenvalue weighted by molar-refractivity contribution is -0.131. The molecule has 6 heteroatoms. The van der Waals surface area contributed by atoms with Crippen LogP contribution in [0.25, 0.3) is 0 Å². The molecule has 0 unspecified atom stereocenters. The van der Waals surface area contributed by atoms with Gasteiger partial charge < -0.3 is 9.84 Å². The van der Waals surface area contributed by atoms with Gasteiger partial charge in [0.05, 0.1) is 5.75 Å². The highest BCUT2D eigenvalue weighted by Gasteiger charge is 2.05. The number of sulfone groups is 1. The lowest BCUT2D eigenvalue weighted by atomic mass is 10.5. The third kappa shape index (κ3) is 7.48. The molecule has 5 nitrogen and oxygen atoms in total. The van der Waals surface area contributed by atoms with Crippen LogP contribution in [0.3, 0.4) is 0 Å². The molecule has 0 atom stereocenters. The predicted molar refractivity (Wildman–Crippen MR) is 47.1 cm³/mol. The van der Waals surface area contributed by atoms with Gasteiger partial charge in [0.25, 0.3) is 0 Å². The molecule has 0 aliphatic carbocycles. The average Bonchev–Trinajstić information content (AvgIpc) is 2.02. The Morgan fingerprint density at radius 1 is 1.54 bits per heavy atom. The molecule has 0 saturated heterocycles.